The van der Waals surface area contributed by atoms with Gasteiger partial charge in [0.05, 0.1) is 0 Å². The average Bonchev–Trinajstić information content (AvgIpc) is 2.21. The van der Waals surface area contributed by atoms with Crippen LogP contribution in [0.4, 0.5) is 0 Å². The molecule has 0 bridgehead atoms. The van der Waals surface area contributed by atoms with E-state index in [2.05, 4.69) is 0 Å². The highest BCUT2D eigenvalue weighted by Gasteiger charge is 2.16. The predicted octanol–water partition coefficient (Wildman–Crippen LogP) is 2.46. The van der Waals surface area contributed by atoms with Crippen molar-refractivity contribution in [2.75, 3.05) is 0 Å². The van der Waals surface area contributed by atoms with E-state index in [0.717, 1.165) is 18.9 Å². The fourth-order valence-corrected chi connectivity index (χ4v) is 1.47. The Morgan fingerprint density at radius 3 is 2.31 bits per heavy atom. The highest BCUT2D eigenvalue weighted by atomic mass is 16.4. The molecule has 0 aliphatic heterocycles. The van der Waals surface area contributed by atoms with Crippen LogP contribution in [0.15, 0.2) is 23.8 Å². The SMILES string of the molecule is CC=C(C(=O)O)C(C=CC(=O)O)CCCC. The van der Waals surface area contributed by atoms with Gasteiger partial charge in [-0.3, -0.25) is 0 Å². The standard InChI is InChI=1S/C12H18O4/c1-3-5-6-9(7-8-11(13)14)10(4-2)12(15)16/h4,7-9H,3,5-6H2,1-2H3,(H,13,14)(H,15,16). The maximum absolute atomic E-state index is 10.9. The third kappa shape index (κ3) is 5.34. The molecule has 0 fully saturated rings. The lowest BCUT2D eigenvalue weighted by molar-refractivity contribution is -0.133. The van der Waals surface area contributed by atoms with Crippen LogP contribution in [0.5, 0.6) is 0 Å². The van der Waals surface area contributed by atoms with Crippen molar-refractivity contribution < 1.29 is 19.8 Å². The first-order valence-corrected chi connectivity index (χ1v) is 5.33. The Morgan fingerprint density at radius 2 is 1.94 bits per heavy atom. The molecular weight excluding hydrogens is 208 g/mol. The number of carboxylic acid groups (broad SMARTS) is 2. The molecule has 0 aromatic heterocycles. The van der Waals surface area contributed by atoms with E-state index >= 15 is 0 Å². The van der Waals surface area contributed by atoms with Gasteiger partial charge >= 0.3 is 11.9 Å². The molecule has 0 aliphatic carbocycles. The summed E-state index contributed by atoms with van der Waals surface area (Å²) in [4.78, 5) is 21.3. The number of hydrogen-bond acceptors (Lipinski definition) is 2. The number of rotatable bonds is 7. The highest BCUT2D eigenvalue weighted by Crippen LogP contribution is 2.20. The molecule has 0 aromatic rings. The second kappa shape index (κ2) is 7.68. The minimum absolute atomic E-state index is 0.256. The summed E-state index contributed by atoms with van der Waals surface area (Å²) in [6, 6.07) is 0. The average molecular weight is 226 g/mol. The maximum Gasteiger partial charge on any atom is 0.331 e. The monoisotopic (exact) mass is 226 g/mol. The third-order valence-electron chi connectivity index (χ3n) is 2.30. The highest BCUT2D eigenvalue weighted by molar-refractivity contribution is 5.88. The van der Waals surface area contributed by atoms with Crippen molar-refractivity contribution in [2.24, 2.45) is 5.92 Å². The van der Waals surface area contributed by atoms with Crippen LogP contribution in [-0.2, 0) is 9.59 Å². The molecule has 90 valence electrons. The molecule has 4 nitrogen and oxygen atoms in total. The Hall–Kier alpha value is -1.58. The van der Waals surface area contributed by atoms with E-state index < -0.39 is 11.9 Å². The molecule has 0 rings (SSSR count). The number of aliphatic carboxylic acids is 2. The molecule has 0 spiro atoms. The van der Waals surface area contributed by atoms with Gasteiger partial charge in [-0.15, -0.1) is 0 Å². The molecule has 2 N–H and O–H groups in total. The molecular formula is C12H18O4. The van der Waals surface area contributed by atoms with Crippen molar-refractivity contribution in [1.82, 2.24) is 0 Å². The van der Waals surface area contributed by atoms with E-state index in [1.807, 2.05) is 6.92 Å². The summed E-state index contributed by atoms with van der Waals surface area (Å²) >= 11 is 0. The largest absolute Gasteiger partial charge is 0.478 e. The molecule has 0 saturated heterocycles. The Kier molecular flexibility index (Phi) is 6.92. The van der Waals surface area contributed by atoms with Crippen LogP contribution in [0.1, 0.15) is 33.1 Å². The Bertz CT molecular complexity index is 302. The van der Waals surface area contributed by atoms with Gasteiger partial charge < -0.3 is 10.2 Å². The summed E-state index contributed by atoms with van der Waals surface area (Å²) in [5.74, 6) is -2.36. The van der Waals surface area contributed by atoms with E-state index in [1.54, 1.807) is 6.92 Å². The van der Waals surface area contributed by atoms with Crippen molar-refractivity contribution in [3.8, 4) is 0 Å². The maximum atomic E-state index is 10.9. The molecule has 0 heterocycles. The van der Waals surface area contributed by atoms with Crippen molar-refractivity contribution in [1.29, 1.82) is 0 Å². The van der Waals surface area contributed by atoms with Crippen LogP contribution in [0.3, 0.4) is 0 Å². The zero-order valence-corrected chi connectivity index (χ0v) is 9.64. The van der Waals surface area contributed by atoms with Crippen LogP contribution in [-0.4, -0.2) is 22.2 Å². The van der Waals surface area contributed by atoms with Crippen molar-refractivity contribution in [3.05, 3.63) is 23.8 Å². The number of allylic oxidation sites excluding steroid dienone is 2. The van der Waals surface area contributed by atoms with E-state index in [9.17, 15) is 9.59 Å². The van der Waals surface area contributed by atoms with Crippen LogP contribution in [0, 0.1) is 5.92 Å². The second-order valence-electron chi connectivity index (χ2n) is 3.50. The Balaban J connectivity index is 4.77. The van der Waals surface area contributed by atoms with Gasteiger partial charge in [0.2, 0.25) is 0 Å². The fraction of sp³-hybridized carbons (Fsp3) is 0.500. The summed E-state index contributed by atoms with van der Waals surface area (Å²) in [5, 5.41) is 17.5. The molecule has 4 heteroatoms. The van der Waals surface area contributed by atoms with Gasteiger partial charge in [-0.1, -0.05) is 31.9 Å². The van der Waals surface area contributed by atoms with Gasteiger partial charge in [0, 0.05) is 17.6 Å². The van der Waals surface area contributed by atoms with Gasteiger partial charge in [0.15, 0.2) is 0 Å². The van der Waals surface area contributed by atoms with Crippen LogP contribution < -0.4 is 0 Å². The Labute approximate surface area is 95.3 Å². The van der Waals surface area contributed by atoms with Gasteiger partial charge in [-0.25, -0.2) is 9.59 Å². The molecule has 0 amide bonds. The lowest BCUT2D eigenvalue weighted by Crippen LogP contribution is -2.11. The first-order chi connectivity index (χ1) is 7.52. The van der Waals surface area contributed by atoms with Gasteiger partial charge in [-0.2, -0.15) is 0 Å². The summed E-state index contributed by atoms with van der Waals surface area (Å²) in [7, 11) is 0. The lowest BCUT2D eigenvalue weighted by atomic mass is 9.92. The van der Waals surface area contributed by atoms with E-state index in [1.165, 1.54) is 12.2 Å². The van der Waals surface area contributed by atoms with E-state index in [0.29, 0.717) is 6.42 Å². The van der Waals surface area contributed by atoms with Crippen molar-refractivity contribution >= 4 is 11.9 Å². The second-order valence-corrected chi connectivity index (χ2v) is 3.50. The number of carbonyl (C=O) groups is 2. The molecule has 0 aliphatic rings. The molecule has 1 atom stereocenters. The first-order valence-electron chi connectivity index (χ1n) is 5.33. The zero-order chi connectivity index (χ0) is 12.6. The topological polar surface area (TPSA) is 74.6 Å². The first kappa shape index (κ1) is 14.4. The molecule has 0 radical (unpaired) electrons. The van der Waals surface area contributed by atoms with E-state index in [4.69, 9.17) is 10.2 Å². The number of hydrogen-bond donors (Lipinski definition) is 2. The number of carboxylic acids is 2. The normalized spacial score (nSPS) is 14.0. The summed E-state index contributed by atoms with van der Waals surface area (Å²) in [5.41, 5.74) is 0.256. The third-order valence-corrected chi connectivity index (χ3v) is 2.30. The summed E-state index contributed by atoms with van der Waals surface area (Å²) in [6.45, 7) is 3.66. The van der Waals surface area contributed by atoms with Crippen molar-refractivity contribution in [3.63, 3.8) is 0 Å². The lowest BCUT2D eigenvalue weighted by Gasteiger charge is -2.12. The van der Waals surface area contributed by atoms with Gasteiger partial charge in [-0.05, 0) is 13.3 Å². The van der Waals surface area contributed by atoms with Crippen LogP contribution in [0.2, 0.25) is 0 Å². The minimum Gasteiger partial charge on any atom is -0.478 e. The van der Waals surface area contributed by atoms with Crippen LogP contribution in [0.25, 0.3) is 0 Å². The molecule has 1 unspecified atom stereocenters. The van der Waals surface area contributed by atoms with Gasteiger partial charge in [0.25, 0.3) is 0 Å². The minimum atomic E-state index is -1.05. The predicted molar refractivity (Wildman–Crippen MR) is 61.2 cm³/mol. The fourth-order valence-electron chi connectivity index (χ4n) is 1.47. The number of unbranched alkanes of at least 4 members (excludes halogenated alkanes) is 1. The van der Waals surface area contributed by atoms with E-state index in [-0.39, 0.29) is 11.5 Å². The smallest absolute Gasteiger partial charge is 0.331 e. The van der Waals surface area contributed by atoms with Gasteiger partial charge in [0.1, 0.15) is 0 Å². The summed E-state index contributed by atoms with van der Waals surface area (Å²) < 4.78 is 0. The molecule has 16 heavy (non-hydrogen) atoms. The van der Waals surface area contributed by atoms with Crippen molar-refractivity contribution in [2.45, 2.75) is 33.1 Å². The van der Waals surface area contributed by atoms with Crippen LogP contribution >= 0.6 is 0 Å². The Morgan fingerprint density at radius 1 is 1.31 bits per heavy atom. The molecule has 0 aromatic carbocycles. The molecule has 0 saturated carbocycles. The zero-order valence-electron chi connectivity index (χ0n) is 9.64. The quantitative estimate of drug-likeness (QED) is 0.654. The summed E-state index contributed by atoms with van der Waals surface area (Å²) in [6.07, 6.45) is 6.46.